The first-order valence-corrected chi connectivity index (χ1v) is 11.7. The Morgan fingerprint density at radius 1 is 1.22 bits per heavy atom. The van der Waals surface area contributed by atoms with Gasteiger partial charge in [-0.15, -0.1) is 0 Å². The number of sulfonamides is 1. The number of fused-ring (bicyclic) bond motifs is 1. The van der Waals surface area contributed by atoms with Gasteiger partial charge in [0, 0.05) is 12.1 Å². The lowest BCUT2D eigenvalue weighted by Gasteiger charge is -2.36. The molecule has 0 amide bonds. The maximum Gasteiger partial charge on any atom is 0.322 e. The maximum absolute atomic E-state index is 13.8. The molecule has 0 bridgehead atoms. The molecule has 0 aliphatic carbocycles. The van der Waals surface area contributed by atoms with E-state index in [0.717, 1.165) is 12.0 Å². The minimum Gasteiger partial charge on any atom is -0.495 e. The monoisotopic (exact) mass is 479 g/mol. The smallest absolute Gasteiger partial charge is 0.322 e. The number of aliphatic carboxylic acids is 1. The van der Waals surface area contributed by atoms with Gasteiger partial charge < -0.3 is 25.2 Å². The third-order valence-corrected chi connectivity index (χ3v) is 7.33. The number of thiocarbonyl (C=S) groups is 1. The number of ether oxygens (including phenoxy) is 2. The third kappa shape index (κ3) is 4.73. The van der Waals surface area contributed by atoms with Gasteiger partial charge >= 0.3 is 5.97 Å². The van der Waals surface area contributed by atoms with Gasteiger partial charge in [-0.05, 0) is 49.7 Å². The molecule has 3 rings (SSSR count). The fourth-order valence-corrected chi connectivity index (χ4v) is 5.69. The van der Waals surface area contributed by atoms with Crippen LogP contribution < -0.4 is 24.4 Å². The molecule has 2 aromatic rings. The van der Waals surface area contributed by atoms with Crippen LogP contribution in [0.4, 0.5) is 11.4 Å². The molecule has 1 aliphatic rings. The van der Waals surface area contributed by atoms with E-state index in [9.17, 15) is 13.2 Å². The molecule has 0 radical (unpaired) electrons. The van der Waals surface area contributed by atoms with Crippen LogP contribution >= 0.6 is 12.2 Å². The third-order valence-electron chi connectivity index (χ3n) is 5.13. The summed E-state index contributed by atoms with van der Waals surface area (Å²) in [6, 6.07) is 10.00. The Morgan fingerprint density at radius 3 is 2.56 bits per heavy atom. The summed E-state index contributed by atoms with van der Waals surface area (Å²) in [6.07, 6.45) is 1.47. The van der Waals surface area contributed by atoms with E-state index in [1.165, 1.54) is 30.7 Å². The number of rotatable bonds is 7. The lowest BCUT2D eigenvalue weighted by Crippen LogP contribution is -2.42. The molecular weight excluding hydrogens is 454 g/mol. The zero-order chi connectivity index (χ0) is 23.5. The highest BCUT2D eigenvalue weighted by Crippen LogP contribution is 2.41. The van der Waals surface area contributed by atoms with E-state index >= 15 is 0 Å². The van der Waals surface area contributed by atoms with E-state index in [1.54, 1.807) is 6.07 Å². The molecule has 9 nitrogen and oxygen atoms in total. The SMILES string of the molecule is COc1cc(OC)c(S(=O)(=O)N2c3ccccc3CC[C@H]2C)cc1NC(=S)NCC(=O)O. The molecule has 172 valence electrons. The second kappa shape index (κ2) is 9.61. The minimum atomic E-state index is -4.02. The van der Waals surface area contributed by atoms with Crippen LogP contribution in [0.2, 0.25) is 0 Å². The highest BCUT2D eigenvalue weighted by molar-refractivity contribution is 7.93. The Hall–Kier alpha value is -3.05. The van der Waals surface area contributed by atoms with E-state index in [0.29, 0.717) is 12.1 Å². The largest absolute Gasteiger partial charge is 0.495 e. The summed E-state index contributed by atoms with van der Waals surface area (Å²) in [5.74, 6) is -0.684. The number of hydrogen-bond acceptors (Lipinski definition) is 6. The van der Waals surface area contributed by atoms with E-state index < -0.39 is 22.5 Å². The van der Waals surface area contributed by atoms with Crippen molar-refractivity contribution in [1.82, 2.24) is 5.32 Å². The predicted molar refractivity (Wildman–Crippen MR) is 125 cm³/mol. The molecule has 2 aromatic carbocycles. The van der Waals surface area contributed by atoms with E-state index in [4.69, 9.17) is 26.8 Å². The van der Waals surface area contributed by atoms with Crippen LogP contribution in [-0.4, -0.2) is 51.4 Å². The topological polar surface area (TPSA) is 117 Å². The number of para-hydroxylation sites is 1. The zero-order valence-corrected chi connectivity index (χ0v) is 19.5. The number of aryl methyl sites for hydroxylation is 1. The van der Waals surface area contributed by atoms with Gasteiger partial charge in [-0.1, -0.05) is 18.2 Å². The van der Waals surface area contributed by atoms with Gasteiger partial charge in [0.2, 0.25) is 0 Å². The standard InChI is InChI=1S/C21H25N3O6S2/c1-13-8-9-14-6-4-5-7-16(14)24(13)32(27,28)19-10-15(17(29-2)11-18(19)30-3)23-21(31)22-12-20(25)26/h4-7,10-11,13H,8-9,12H2,1-3H3,(H,25,26)(H2,22,23,31)/t13-/m1/s1. The van der Waals surface area contributed by atoms with Gasteiger partial charge in [-0.3, -0.25) is 9.10 Å². The highest BCUT2D eigenvalue weighted by Gasteiger charge is 2.36. The van der Waals surface area contributed by atoms with E-state index in [1.807, 2.05) is 25.1 Å². The molecule has 0 spiro atoms. The average Bonchev–Trinajstić information content (AvgIpc) is 2.77. The first kappa shape index (κ1) is 23.6. The van der Waals surface area contributed by atoms with E-state index in [-0.39, 0.29) is 33.2 Å². The van der Waals surface area contributed by atoms with Crippen molar-refractivity contribution in [2.24, 2.45) is 0 Å². The summed E-state index contributed by atoms with van der Waals surface area (Å²) >= 11 is 5.12. The highest BCUT2D eigenvalue weighted by atomic mass is 32.2. The van der Waals surface area contributed by atoms with E-state index in [2.05, 4.69) is 10.6 Å². The van der Waals surface area contributed by atoms with Crippen molar-refractivity contribution in [1.29, 1.82) is 0 Å². The second-order valence-electron chi connectivity index (χ2n) is 7.22. The van der Waals surface area contributed by atoms with Gasteiger partial charge in [0.25, 0.3) is 10.0 Å². The summed E-state index contributed by atoms with van der Waals surface area (Å²) in [4.78, 5) is 10.7. The maximum atomic E-state index is 13.8. The van der Waals surface area contributed by atoms with Gasteiger partial charge in [-0.25, -0.2) is 8.42 Å². The summed E-state index contributed by atoms with van der Waals surface area (Å²) in [5.41, 5.74) is 1.85. The number of carboxylic acid groups (broad SMARTS) is 1. The number of anilines is 2. The van der Waals surface area contributed by atoms with Gasteiger partial charge in [0.15, 0.2) is 5.11 Å². The molecule has 1 heterocycles. The van der Waals surface area contributed by atoms with Crippen LogP contribution in [-0.2, 0) is 21.2 Å². The summed E-state index contributed by atoms with van der Waals surface area (Å²) in [5, 5.41) is 14.2. The van der Waals surface area contributed by atoms with Crippen LogP contribution in [0.5, 0.6) is 11.5 Å². The zero-order valence-electron chi connectivity index (χ0n) is 17.9. The van der Waals surface area contributed by atoms with Crippen molar-refractivity contribution in [2.45, 2.75) is 30.7 Å². The van der Waals surface area contributed by atoms with Crippen molar-refractivity contribution in [3.63, 3.8) is 0 Å². The van der Waals surface area contributed by atoms with Crippen LogP contribution in [0.3, 0.4) is 0 Å². The molecular formula is C21H25N3O6S2. The number of methoxy groups -OCH3 is 2. The summed E-state index contributed by atoms with van der Waals surface area (Å²) in [6.45, 7) is 1.48. The molecule has 11 heteroatoms. The fourth-order valence-electron chi connectivity index (χ4n) is 3.62. The summed E-state index contributed by atoms with van der Waals surface area (Å²) in [7, 11) is -1.22. The van der Waals surface area contributed by atoms with Gasteiger partial charge in [-0.2, -0.15) is 0 Å². The molecule has 3 N–H and O–H groups in total. The minimum absolute atomic E-state index is 0.0101. The normalized spacial score (nSPS) is 15.5. The number of benzene rings is 2. The van der Waals surface area contributed by atoms with Crippen molar-refractivity contribution in [3.05, 3.63) is 42.0 Å². The van der Waals surface area contributed by atoms with Crippen LogP contribution in [0.25, 0.3) is 0 Å². The number of nitrogens with zero attached hydrogens (tertiary/aromatic N) is 1. The van der Waals surface area contributed by atoms with Crippen molar-refractivity contribution >= 4 is 44.7 Å². The number of carbonyl (C=O) groups is 1. The Bertz CT molecular complexity index is 1140. The van der Waals surface area contributed by atoms with Crippen molar-refractivity contribution < 1.29 is 27.8 Å². The fraction of sp³-hybridized carbons (Fsp3) is 0.333. The summed E-state index contributed by atoms with van der Waals surface area (Å²) < 4.78 is 39.8. The Labute approximate surface area is 192 Å². The first-order chi connectivity index (χ1) is 15.2. The molecule has 1 atom stereocenters. The van der Waals surface area contributed by atoms with Crippen molar-refractivity contribution in [3.8, 4) is 11.5 Å². The molecule has 0 aromatic heterocycles. The predicted octanol–water partition coefficient (Wildman–Crippen LogP) is 2.60. The number of hydrogen-bond donors (Lipinski definition) is 3. The lowest BCUT2D eigenvalue weighted by atomic mass is 9.99. The average molecular weight is 480 g/mol. The Balaban J connectivity index is 2.08. The lowest BCUT2D eigenvalue weighted by molar-refractivity contribution is -0.135. The van der Waals surface area contributed by atoms with Crippen LogP contribution in [0.15, 0.2) is 41.3 Å². The van der Waals surface area contributed by atoms with Crippen LogP contribution in [0.1, 0.15) is 18.9 Å². The number of nitrogens with one attached hydrogen (secondary N) is 2. The molecule has 32 heavy (non-hydrogen) atoms. The van der Waals surface area contributed by atoms with Gasteiger partial charge in [0.05, 0.1) is 25.6 Å². The molecule has 0 saturated heterocycles. The van der Waals surface area contributed by atoms with Gasteiger partial charge in [0.1, 0.15) is 22.9 Å². The molecule has 0 unspecified atom stereocenters. The Morgan fingerprint density at radius 2 is 1.91 bits per heavy atom. The quantitative estimate of drug-likeness (QED) is 0.515. The Kier molecular flexibility index (Phi) is 7.09. The number of carboxylic acids is 1. The molecule has 0 fully saturated rings. The second-order valence-corrected chi connectivity index (χ2v) is 9.41. The molecule has 0 saturated carbocycles. The molecule has 1 aliphatic heterocycles. The first-order valence-electron chi connectivity index (χ1n) is 9.84. The van der Waals surface area contributed by atoms with Crippen LogP contribution in [0, 0.1) is 0 Å². The van der Waals surface area contributed by atoms with Crippen molar-refractivity contribution in [2.75, 3.05) is 30.4 Å².